The summed E-state index contributed by atoms with van der Waals surface area (Å²) in [6, 6.07) is 7.34. The van der Waals surface area contributed by atoms with E-state index in [4.69, 9.17) is 12.2 Å². The molecule has 0 bridgehead atoms. The predicted molar refractivity (Wildman–Crippen MR) is 70.9 cm³/mol. The van der Waals surface area contributed by atoms with Gasteiger partial charge in [-0.3, -0.25) is 4.57 Å². The number of halogens is 2. The minimum absolute atomic E-state index is 0.388. The lowest BCUT2D eigenvalue weighted by atomic mass is 10.3. The van der Waals surface area contributed by atoms with Crippen LogP contribution < -0.4 is 0 Å². The molecule has 0 saturated heterocycles. The summed E-state index contributed by atoms with van der Waals surface area (Å²) in [7, 11) is 0. The molecule has 3 aromatic rings. The zero-order chi connectivity index (χ0) is 13.6. The molecular formula is C13H9F2N3S. The van der Waals surface area contributed by atoms with Crippen molar-refractivity contribution in [3.63, 3.8) is 0 Å². The molecule has 0 aliphatic carbocycles. The fourth-order valence-electron chi connectivity index (χ4n) is 1.94. The van der Waals surface area contributed by atoms with Crippen LogP contribution in [0.2, 0.25) is 0 Å². The highest BCUT2D eigenvalue weighted by Crippen LogP contribution is 2.20. The Labute approximate surface area is 112 Å². The van der Waals surface area contributed by atoms with E-state index in [0.29, 0.717) is 16.1 Å². The Morgan fingerprint density at radius 1 is 1.16 bits per heavy atom. The Morgan fingerprint density at radius 3 is 2.68 bits per heavy atom. The Balaban J connectivity index is 2.35. The van der Waals surface area contributed by atoms with Gasteiger partial charge in [-0.25, -0.2) is 13.8 Å². The fourth-order valence-corrected chi connectivity index (χ4v) is 2.24. The molecule has 0 amide bonds. The second-order valence-corrected chi connectivity index (χ2v) is 4.57. The number of rotatable bonds is 1. The van der Waals surface area contributed by atoms with Crippen LogP contribution in [-0.2, 0) is 0 Å². The molecule has 0 atom stereocenters. The Bertz CT molecular complexity index is 836. The van der Waals surface area contributed by atoms with Gasteiger partial charge >= 0.3 is 0 Å². The second-order valence-electron chi connectivity index (χ2n) is 4.19. The van der Waals surface area contributed by atoms with Gasteiger partial charge in [0, 0.05) is 11.8 Å². The molecule has 0 aliphatic rings. The van der Waals surface area contributed by atoms with E-state index < -0.39 is 11.6 Å². The summed E-state index contributed by atoms with van der Waals surface area (Å²) in [5.74, 6) is -1.80. The first kappa shape index (κ1) is 12.0. The van der Waals surface area contributed by atoms with Crippen LogP contribution in [0.15, 0.2) is 30.3 Å². The van der Waals surface area contributed by atoms with Crippen LogP contribution in [0.1, 0.15) is 5.69 Å². The molecule has 96 valence electrons. The van der Waals surface area contributed by atoms with Gasteiger partial charge in [0.2, 0.25) is 0 Å². The summed E-state index contributed by atoms with van der Waals surface area (Å²) in [5.41, 5.74) is 2.60. The zero-order valence-corrected chi connectivity index (χ0v) is 10.8. The van der Waals surface area contributed by atoms with Crippen molar-refractivity contribution in [2.45, 2.75) is 6.92 Å². The Morgan fingerprint density at radius 2 is 1.95 bits per heavy atom. The van der Waals surface area contributed by atoms with Crippen LogP contribution in [0.5, 0.6) is 0 Å². The molecule has 1 aromatic carbocycles. The largest absolute Gasteiger partial charge is 0.329 e. The quantitative estimate of drug-likeness (QED) is 0.688. The number of nitrogens with zero attached hydrogens (tertiary/aromatic N) is 2. The van der Waals surface area contributed by atoms with Gasteiger partial charge < -0.3 is 4.98 Å². The Kier molecular flexibility index (Phi) is 2.67. The summed E-state index contributed by atoms with van der Waals surface area (Å²) in [4.78, 5) is 7.36. The molecule has 6 heteroatoms. The average molecular weight is 277 g/mol. The lowest BCUT2D eigenvalue weighted by Gasteiger charge is -2.04. The van der Waals surface area contributed by atoms with Crippen molar-refractivity contribution in [1.29, 1.82) is 0 Å². The second kappa shape index (κ2) is 4.24. The van der Waals surface area contributed by atoms with Gasteiger partial charge in [0.15, 0.2) is 22.1 Å². The maximum atomic E-state index is 13.3. The number of pyridine rings is 1. The summed E-state index contributed by atoms with van der Waals surface area (Å²) >= 11 is 5.21. The minimum Gasteiger partial charge on any atom is -0.329 e. The van der Waals surface area contributed by atoms with Gasteiger partial charge in [-0.1, -0.05) is 0 Å². The van der Waals surface area contributed by atoms with Crippen molar-refractivity contribution in [1.82, 2.24) is 14.5 Å². The minimum atomic E-state index is -0.915. The summed E-state index contributed by atoms with van der Waals surface area (Å²) in [6.45, 7) is 1.85. The SMILES string of the molecule is Cc1ccc2[nH]c(=S)n(-c3ccc(F)c(F)c3)c2n1. The van der Waals surface area contributed by atoms with Crippen molar-refractivity contribution in [2.24, 2.45) is 0 Å². The first-order valence-corrected chi connectivity index (χ1v) is 6.01. The molecule has 2 aromatic heterocycles. The molecule has 3 rings (SSSR count). The smallest absolute Gasteiger partial charge is 0.183 e. The van der Waals surface area contributed by atoms with Gasteiger partial charge in [0.1, 0.15) is 0 Å². The molecular weight excluding hydrogens is 268 g/mol. The summed E-state index contributed by atoms with van der Waals surface area (Å²) in [6.07, 6.45) is 0. The standard InChI is InChI=1S/C13H9F2N3S/c1-7-2-5-11-12(16-7)18(13(19)17-11)8-3-4-9(14)10(15)6-8/h2-6H,1H3,(H,17,19). The number of imidazole rings is 1. The first-order valence-electron chi connectivity index (χ1n) is 5.60. The van der Waals surface area contributed by atoms with Gasteiger partial charge in [-0.05, 0) is 43.4 Å². The van der Waals surface area contributed by atoms with E-state index in [1.807, 2.05) is 19.1 Å². The van der Waals surface area contributed by atoms with E-state index in [0.717, 1.165) is 23.3 Å². The van der Waals surface area contributed by atoms with Crippen molar-refractivity contribution < 1.29 is 8.78 Å². The molecule has 3 nitrogen and oxygen atoms in total. The number of H-pyrrole nitrogens is 1. The van der Waals surface area contributed by atoms with E-state index in [1.54, 1.807) is 4.57 Å². The molecule has 0 fully saturated rings. The van der Waals surface area contributed by atoms with Crippen molar-refractivity contribution in [2.75, 3.05) is 0 Å². The van der Waals surface area contributed by atoms with Gasteiger partial charge in [-0.2, -0.15) is 0 Å². The van der Waals surface area contributed by atoms with Crippen LogP contribution >= 0.6 is 12.2 Å². The molecule has 0 aliphatic heterocycles. The molecule has 1 N–H and O–H groups in total. The Hall–Kier alpha value is -2.08. The monoisotopic (exact) mass is 277 g/mol. The van der Waals surface area contributed by atoms with E-state index in [2.05, 4.69) is 9.97 Å². The van der Waals surface area contributed by atoms with Crippen LogP contribution in [0.4, 0.5) is 8.78 Å². The van der Waals surface area contributed by atoms with Crippen molar-refractivity contribution in [3.05, 3.63) is 52.4 Å². The highest BCUT2D eigenvalue weighted by atomic mass is 32.1. The number of hydrogen-bond donors (Lipinski definition) is 1. The predicted octanol–water partition coefficient (Wildman–Crippen LogP) is 3.67. The lowest BCUT2D eigenvalue weighted by molar-refractivity contribution is 0.508. The topological polar surface area (TPSA) is 33.6 Å². The highest BCUT2D eigenvalue weighted by molar-refractivity contribution is 7.71. The molecule has 2 heterocycles. The van der Waals surface area contributed by atoms with E-state index >= 15 is 0 Å². The van der Waals surface area contributed by atoms with Gasteiger partial charge in [-0.15, -0.1) is 0 Å². The number of nitrogens with one attached hydrogen (secondary N) is 1. The van der Waals surface area contributed by atoms with Crippen molar-refractivity contribution in [3.8, 4) is 5.69 Å². The number of aromatic nitrogens is 3. The summed E-state index contributed by atoms with van der Waals surface area (Å²) < 4.78 is 28.3. The third kappa shape index (κ3) is 1.94. The van der Waals surface area contributed by atoms with Crippen LogP contribution in [-0.4, -0.2) is 14.5 Å². The normalized spacial score (nSPS) is 11.1. The molecule has 0 saturated carbocycles. The van der Waals surface area contributed by atoms with Crippen LogP contribution in [0.3, 0.4) is 0 Å². The van der Waals surface area contributed by atoms with Crippen LogP contribution in [0.25, 0.3) is 16.9 Å². The number of benzene rings is 1. The number of aromatic amines is 1. The number of aryl methyl sites for hydroxylation is 1. The molecule has 0 radical (unpaired) electrons. The van der Waals surface area contributed by atoms with E-state index in [-0.39, 0.29) is 0 Å². The first-order chi connectivity index (χ1) is 9.06. The number of hydrogen-bond acceptors (Lipinski definition) is 2. The maximum Gasteiger partial charge on any atom is 0.183 e. The maximum absolute atomic E-state index is 13.3. The third-order valence-corrected chi connectivity index (χ3v) is 3.12. The summed E-state index contributed by atoms with van der Waals surface area (Å²) in [5, 5.41) is 0. The van der Waals surface area contributed by atoms with E-state index in [9.17, 15) is 8.78 Å². The van der Waals surface area contributed by atoms with Crippen LogP contribution in [0, 0.1) is 23.3 Å². The molecule has 0 spiro atoms. The van der Waals surface area contributed by atoms with Crippen molar-refractivity contribution >= 4 is 23.4 Å². The molecule has 19 heavy (non-hydrogen) atoms. The highest BCUT2D eigenvalue weighted by Gasteiger charge is 2.10. The third-order valence-electron chi connectivity index (χ3n) is 2.83. The zero-order valence-electron chi connectivity index (χ0n) is 9.95. The van der Waals surface area contributed by atoms with Gasteiger partial charge in [0.25, 0.3) is 0 Å². The van der Waals surface area contributed by atoms with E-state index in [1.165, 1.54) is 6.07 Å². The number of fused-ring (bicyclic) bond motifs is 1. The lowest BCUT2D eigenvalue weighted by Crippen LogP contribution is -1.98. The average Bonchev–Trinajstić information content (AvgIpc) is 2.68. The fraction of sp³-hybridized carbons (Fsp3) is 0.0769. The van der Waals surface area contributed by atoms with Gasteiger partial charge in [0.05, 0.1) is 11.2 Å². The molecule has 0 unspecified atom stereocenters.